The first-order valence-electron chi connectivity index (χ1n) is 8.70. The van der Waals surface area contributed by atoms with Gasteiger partial charge < -0.3 is 10.2 Å². The molecule has 0 bridgehead atoms. The Hall–Kier alpha value is -2.38. The van der Waals surface area contributed by atoms with Crippen molar-refractivity contribution in [3.05, 3.63) is 46.2 Å². The van der Waals surface area contributed by atoms with Crippen LogP contribution in [0.15, 0.2) is 30.3 Å². The molecule has 140 valence electrons. The molecular weight excluding hydrogens is 387 g/mol. The van der Waals surface area contributed by atoms with Crippen molar-refractivity contribution in [1.29, 1.82) is 0 Å². The van der Waals surface area contributed by atoms with Gasteiger partial charge in [-0.1, -0.05) is 23.2 Å². The van der Waals surface area contributed by atoms with E-state index < -0.39 is 0 Å². The molecule has 1 aromatic carbocycles. The number of carbonyl (C=O) groups is 1. The molecule has 2 aromatic heterocycles. The minimum Gasteiger partial charge on any atom is -0.354 e. The highest BCUT2D eigenvalue weighted by molar-refractivity contribution is 6.35. The largest absolute Gasteiger partial charge is 0.354 e. The summed E-state index contributed by atoms with van der Waals surface area (Å²) in [5, 5.41) is 16.6. The molecule has 1 atom stereocenters. The molecule has 1 saturated heterocycles. The number of piperidine rings is 1. The van der Waals surface area contributed by atoms with Crippen LogP contribution in [0.4, 0.5) is 11.5 Å². The Morgan fingerprint density at radius 3 is 2.74 bits per heavy atom. The minimum absolute atomic E-state index is 0.0420. The molecule has 1 aliphatic rings. The molecule has 3 heterocycles. The van der Waals surface area contributed by atoms with Crippen LogP contribution in [0.5, 0.6) is 0 Å². The van der Waals surface area contributed by atoms with E-state index >= 15 is 0 Å². The van der Waals surface area contributed by atoms with E-state index in [9.17, 15) is 4.79 Å². The SMILES string of the molecule is Cc1nnc2ccc(N3CCC[C@H](C(=O)Nc4cc(Cl)cc(Cl)c4)C3)nn12. The van der Waals surface area contributed by atoms with Crippen LogP contribution in [0.1, 0.15) is 18.7 Å². The molecule has 0 saturated carbocycles. The molecule has 0 radical (unpaired) electrons. The lowest BCUT2D eigenvalue weighted by Gasteiger charge is -2.32. The zero-order valence-corrected chi connectivity index (χ0v) is 16.2. The van der Waals surface area contributed by atoms with Crippen molar-refractivity contribution in [2.75, 3.05) is 23.3 Å². The summed E-state index contributed by atoms with van der Waals surface area (Å²) in [7, 11) is 0. The third kappa shape index (κ3) is 3.84. The van der Waals surface area contributed by atoms with Crippen LogP contribution in [0, 0.1) is 12.8 Å². The fourth-order valence-electron chi connectivity index (χ4n) is 3.32. The number of fused-ring (bicyclic) bond motifs is 1. The summed E-state index contributed by atoms with van der Waals surface area (Å²) in [5.74, 6) is 1.36. The van der Waals surface area contributed by atoms with E-state index in [-0.39, 0.29) is 11.8 Å². The van der Waals surface area contributed by atoms with Crippen LogP contribution in [0.3, 0.4) is 0 Å². The topological polar surface area (TPSA) is 75.4 Å². The summed E-state index contributed by atoms with van der Waals surface area (Å²) >= 11 is 12.0. The van der Waals surface area contributed by atoms with Crippen molar-refractivity contribution in [1.82, 2.24) is 19.8 Å². The number of aryl methyl sites for hydroxylation is 1. The average molecular weight is 405 g/mol. The summed E-state index contributed by atoms with van der Waals surface area (Å²) < 4.78 is 1.72. The van der Waals surface area contributed by atoms with Gasteiger partial charge in [-0.25, -0.2) is 0 Å². The predicted octanol–water partition coefficient (Wildman–Crippen LogP) is 3.59. The number of hydrogen-bond donors (Lipinski definition) is 1. The maximum atomic E-state index is 12.7. The fourth-order valence-corrected chi connectivity index (χ4v) is 3.85. The quantitative estimate of drug-likeness (QED) is 0.721. The van der Waals surface area contributed by atoms with Crippen LogP contribution in [-0.4, -0.2) is 38.8 Å². The van der Waals surface area contributed by atoms with E-state index in [1.807, 2.05) is 19.1 Å². The van der Waals surface area contributed by atoms with Crippen molar-refractivity contribution < 1.29 is 4.79 Å². The Balaban J connectivity index is 1.49. The number of hydrogen-bond acceptors (Lipinski definition) is 5. The number of carbonyl (C=O) groups excluding carboxylic acids is 1. The molecule has 4 rings (SSSR count). The number of halogens is 2. The zero-order chi connectivity index (χ0) is 19.0. The number of benzene rings is 1. The van der Waals surface area contributed by atoms with Crippen molar-refractivity contribution >= 4 is 46.3 Å². The van der Waals surface area contributed by atoms with E-state index in [4.69, 9.17) is 23.2 Å². The Labute approximate surface area is 166 Å². The maximum Gasteiger partial charge on any atom is 0.229 e. The average Bonchev–Trinajstić information content (AvgIpc) is 3.01. The second kappa shape index (κ2) is 7.32. The normalized spacial score (nSPS) is 17.3. The monoisotopic (exact) mass is 404 g/mol. The Bertz CT molecular complexity index is 984. The smallest absolute Gasteiger partial charge is 0.229 e. The first-order valence-corrected chi connectivity index (χ1v) is 9.46. The molecule has 0 aliphatic carbocycles. The van der Waals surface area contributed by atoms with Gasteiger partial charge in [0.05, 0.1) is 5.92 Å². The molecular formula is C18H18Cl2N6O. The van der Waals surface area contributed by atoms with Crippen LogP contribution in [0.25, 0.3) is 5.65 Å². The van der Waals surface area contributed by atoms with Gasteiger partial charge in [0, 0.05) is 28.8 Å². The third-order valence-corrected chi connectivity index (χ3v) is 5.09. The van der Waals surface area contributed by atoms with Gasteiger partial charge in [0.2, 0.25) is 5.91 Å². The second-order valence-corrected chi connectivity index (χ2v) is 7.51. The van der Waals surface area contributed by atoms with Gasteiger partial charge in [0.1, 0.15) is 5.82 Å². The minimum atomic E-state index is -0.143. The van der Waals surface area contributed by atoms with Crippen LogP contribution in [-0.2, 0) is 4.79 Å². The molecule has 7 nitrogen and oxygen atoms in total. The summed E-state index contributed by atoms with van der Waals surface area (Å²) in [6.45, 7) is 3.31. The molecule has 1 aliphatic heterocycles. The van der Waals surface area contributed by atoms with Gasteiger partial charge in [-0.05, 0) is 50.1 Å². The van der Waals surface area contributed by atoms with Crippen molar-refractivity contribution in [3.8, 4) is 0 Å². The highest BCUT2D eigenvalue weighted by Gasteiger charge is 2.27. The van der Waals surface area contributed by atoms with Crippen molar-refractivity contribution in [2.45, 2.75) is 19.8 Å². The predicted molar refractivity (Wildman–Crippen MR) is 106 cm³/mol. The number of anilines is 2. The van der Waals surface area contributed by atoms with E-state index in [2.05, 4.69) is 25.5 Å². The summed E-state index contributed by atoms with van der Waals surface area (Å²) in [4.78, 5) is 14.8. The van der Waals surface area contributed by atoms with Crippen molar-refractivity contribution in [3.63, 3.8) is 0 Å². The lowest BCUT2D eigenvalue weighted by Crippen LogP contribution is -2.41. The van der Waals surface area contributed by atoms with E-state index in [0.29, 0.717) is 27.9 Å². The number of nitrogens with zero attached hydrogens (tertiary/aromatic N) is 5. The van der Waals surface area contributed by atoms with Crippen LogP contribution in [0.2, 0.25) is 10.0 Å². The zero-order valence-electron chi connectivity index (χ0n) is 14.7. The van der Waals surface area contributed by atoms with Crippen LogP contribution < -0.4 is 10.2 Å². The van der Waals surface area contributed by atoms with Crippen LogP contribution >= 0.6 is 23.2 Å². The molecule has 27 heavy (non-hydrogen) atoms. The second-order valence-electron chi connectivity index (χ2n) is 6.64. The molecule has 0 unspecified atom stereocenters. The van der Waals surface area contributed by atoms with Gasteiger partial charge in [0.25, 0.3) is 0 Å². The number of aromatic nitrogens is 4. The van der Waals surface area contributed by atoms with Gasteiger partial charge in [-0.15, -0.1) is 15.3 Å². The molecule has 1 N–H and O–H groups in total. The number of nitrogens with one attached hydrogen (secondary N) is 1. The first kappa shape index (κ1) is 18.0. The Kier molecular flexibility index (Phi) is 4.88. The van der Waals surface area contributed by atoms with Gasteiger partial charge in [-0.2, -0.15) is 4.52 Å². The van der Waals surface area contributed by atoms with Crippen molar-refractivity contribution in [2.24, 2.45) is 5.92 Å². The Morgan fingerprint density at radius 1 is 1.19 bits per heavy atom. The van der Waals surface area contributed by atoms with Gasteiger partial charge >= 0.3 is 0 Å². The number of amides is 1. The molecule has 9 heteroatoms. The maximum absolute atomic E-state index is 12.7. The highest BCUT2D eigenvalue weighted by Crippen LogP contribution is 2.26. The lowest BCUT2D eigenvalue weighted by atomic mass is 9.97. The summed E-state index contributed by atoms with van der Waals surface area (Å²) in [6, 6.07) is 8.82. The van der Waals surface area contributed by atoms with Gasteiger partial charge in [0.15, 0.2) is 11.5 Å². The van der Waals surface area contributed by atoms with E-state index in [1.165, 1.54) is 0 Å². The van der Waals surface area contributed by atoms with E-state index in [1.54, 1.807) is 22.7 Å². The standard InChI is InChI=1S/C18H18Cl2N6O/c1-11-22-23-16-4-5-17(24-26(11)16)25-6-2-3-12(10-25)18(27)21-15-8-13(19)7-14(20)9-15/h4-5,7-9,12H,2-3,6,10H2,1H3,(H,21,27)/t12-/m0/s1. The fraction of sp³-hybridized carbons (Fsp3) is 0.333. The van der Waals surface area contributed by atoms with E-state index in [0.717, 1.165) is 31.0 Å². The molecule has 3 aromatic rings. The first-order chi connectivity index (χ1) is 13.0. The Morgan fingerprint density at radius 2 is 1.96 bits per heavy atom. The summed E-state index contributed by atoms with van der Waals surface area (Å²) in [6.07, 6.45) is 1.74. The third-order valence-electron chi connectivity index (χ3n) is 4.65. The molecule has 1 amide bonds. The van der Waals surface area contributed by atoms with Gasteiger partial charge in [-0.3, -0.25) is 4.79 Å². The lowest BCUT2D eigenvalue weighted by molar-refractivity contribution is -0.120. The highest BCUT2D eigenvalue weighted by atomic mass is 35.5. The molecule has 1 fully saturated rings. The summed E-state index contributed by atoms with van der Waals surface area (Å²) in [5.41, 5.74) is 1.31. The molecule has 0 spiro atoms. The number of rotatable bonds is 3.